The van der Waals surface area contributed by atoms with Gasteiger partial charge in [-0.15, -0.1) is 0 Å². The second kappa shape index (κ2) is 10.3. The van der Waals surface area contributed by atoms with Crippen molar-refractivity contribution in [3.63, 3.8) is 0 Å². The van der Waals surface area contributed by atoms with E-state index in [2.05, 4.69) is 10.3 Å². The number of benzene rings is 2. The van der Waals surface area contributed by atoms with Gasteiger partial charge in [0.05, 0.1) is 30.4 Å². The zero-order chi connectivity index (χ0) is 23.4. The molecular weight excluding hydrogens is 450 g/mol. The summed E-state index contributed by atoms with van der Waals surface area (Å²) in [5, 5.41) is 3.82. The van der Waals surface area contributed by atoms with Gasteiger partial charge in [-0.05, 0) is 43.2 Å². The van der Waals surface area contributed by atoms with Crippen LogP contribution in [0.15, 0.2) is 46.3 Å². The molecule has 0 bridgehead atoms. The standard InChI is InChI=1S/C23H26ClN3O4S/c1-13(2)12-27-22(29)17-10-15(24)6-8-18(17)26-23(27)32-14(3)21(28)25-16-7-9-19(30-4)20(11-16)31-5/h6-11,13-14H,12H2,1-5H3,(H,25,28). The highest BCUT2D eigenvalue weighted by molar-refractivity contribution is 8.00. The number of aromatic nitrogens is 2. The number of rotatable bonds is 8. The maximum absolute atomic E-state index is 13.1. The minimum absolute atomic E-state index is 0.166. The quantitative estimate of drug-likeness (QED) is 0.370. The van der Waals surface area contributed by atoms with E-state index in [0.29, 0.717) is 44.8 Å². The van der Waals surface area contributed by atoms with Gasteiger partial charge >= 0.3 is 0 Å². The van der Waals surface area contributed by atoms with E-state index in [0.717, 1.165) is 0 Å². The zero-order valence-corrected chi connectivity index (χ0v) is 20.2. The zero-order valence-electron chi connectivity index (χ0n) is 18.6. The molecule has 1 heterocycles. The number of nitrogens with one attached hydrogen (secondary N) is 1. The predicted octanol–water partition coefficient (Wildman–Crippen LogP) is 4.84. The molecule has 170 valence electrons. The van der Waals surface area contributed by atoms with Crippen LogP contribution in [0.25, 0.3) is 10.9 Å². The fourth-order valence-electron chi connectivity index (χ4n) is 3.16. The number of anilines is 1. The van der Waals surface area contributed by atoms with Crippen molar-refractivity contribution in [2.45, 2.75) is 37.7 Å². The van der Waals surface area contributed by atoms with E-state index < -0.39 is 5.25 Å². The summed E-state index contributed by atoms with van der Waals surface area (Å²) in [7, 11) is 3.09. The summed E-state index contributed by atoms with van der Waals surface area (Å²) in [6.07, 6.45) is 0. The van der Waals surface area contributed by atoms with E-state index in [1.807, 2.05) is 13.8 Å². The number of methoxy groups -OCH3 is 2. The number of hydrogen-bond donors (Lipinski definition) is 1. The van der Waals surface area contributed by atoms with Gasteiger partial charge in [0.2, 0.25) is 5.91 Å². The highest BCUT2D eigenvalue weighted by atomic mass is 35.5. The molecule has 1 atom stereocenters. The summed E-state index contributed by atoms with van der Waals surface area (Å²) in [6, 6.07) is 10.2. The summed E-state index contributed by atoms with van der Waals surface area (Å²) in [5.41, 5.74) is 0.969. The second-order valence-electron chi connectivity index (χ2n) is 7.68. The molecule has 32 heavy (non-hydrogen) atoms. The van der Waals surface area contributed by atoms with Gasteiger partial charge in [0.1, 0.15) is 0 Å². The first-order valence-electron chi connectivity index (χ1n) is 10.1. The molecule has 3 aromatic rings. The molecule has 0 aliphatic carbocycles. The van der Waals surface area contributed by atoms with E-state index in [1.54, 1.807) is 55.0 Å². The molecule has 7 nitrogen and oxygen atoms in total. The number of carbonyl (C=O) groups excluding carboxylic acids is 1. The molecule has 1 unspecified atom stereocenters. The van der Waals surface area contributed by atoms with E-state index in [9.17, 15) is 9.59 Å². The number of amides is 1. The van der Waals surface area contributed by atoms with Gasteiger partial charge in [-0.2, -0.15) is 0 Å². The molecule has 0 saturated carbocycles. The Kier molecular flexibility index (Phi) is 7.69. The number of carbonyl (C=O) groups is 1. The average molecular weight is 476 g/mol. The molecule has 9 heteroatoms. The van der Waals surface area contributed by atoms with Gasteiger partial charge in [0, 0.05) is 23.3 Å². The summed E-state index contributed by atoms with van der Waals surface area (Å²) in [6.45, 7) is 6.31. The van der Waals surface area contributed by atoms with Crippen LogP contribution in [0.1, 0.15) is 20.8 Å². The third-order valence-electron chi connectivity index (χ3n) is 4.73. The van der Waals surface area contributed by atoms with Gasteiger partial charge in [-0.3, -0.25) is 14.2 Å². The topological polar surface area (TPSA) is 82.5 Å². The molecule has 1 N–H and O–H groups in total. The van der Waals surface area contributed by atoms with Crippen LogP contribution in [0.5, 0.6) is 11.5 Å². The summed E-state index contributed by atoms with van der Waals surface area (Å²) in [4.78, 5) is 30.7. The lowest BCUT2D eigenvalue weighted by Crippen LogP contribution is -2.28. The van der Waals surface area contributed by atoms with Crippen LogP contribution in [0.4, 0.5) is 5.69 Å². The Bertz CT molecular complexity index is 1200. The number of halogens is 1. The fraction of sp³-hybridized carbons (Fsp3) is 0.348. The number of hydrogen-bond acceptors (Lipinski definition) is 6. The van der Waals surface area contributed by atoms with Crippen LogP contribution >= 0.6 is 23.4 Å². The number of ether oxygens (including phenoxy) is 2. The first-order chi connectivity index (χ1) is 15.2. The maximum atomic E-state index is 13.1. The van der Waals surface area contributed by atoms with Crippen molar-refractivity contribution in [3.8, 4) is 11.5 Å². The molecule has 1 aromatic heterocycles. The summed E-state index contributed by atoms with van der Waals surface area (Å²) >= 11 is 7.32. The van der Waals surface area contributed by atoms with Crippen molar-refractivity contribution in [1.82, 2.24) is 9.55 Å². The van der Waals surface area contributed by atoms with Crippen molar-refractivity contribution in [2.75, 3.05) is 19.5 Å². The minimum atomic E-state index is -0.502. The lowest BCUT2D eigenvalue weighted by molar-refractivity contribution is -0.115. The number of nitrogens with zero attached hydrogens (tertiary/aromatic N) is 2. The molecule has 0 aliphatic heterocycles. The van der Waals surface area contributed by atoms with Crippen molar-refractivity contribution >= 4 is 45.9 Å². The van der Waals surface area contributed by atoms with Gasteiger partial charge in [0.15, 0.2) is 16.7 Å². The molecule has 1 amide bonds. The van der Waals surface area contributed by atoms with Crippen LogP contribution in [0.2, 0.25) is 5.02 Å². The highest BCUT2D eigenvalue weighted by Crippen LogP contribution is 2.31. The molecule has 0 aliphatic rings. The van der Waals surface area contributed by atoms with Crippen LogP contribution in [-0.4, -0.2) is 34.9 Å². The lowest BCUT2D eigenvalue weighted by Gasteiger charge is -2.18. The molecule has 0 radical (unpaired) electrons. The van der Waals surface area contributed by atoms with Gasteiger partial charge < -0.3 is 14.8 Å². The van der Waals surface area contributed by atoms with Crippen molar-refractivity contribution < 1.29 is 14.3 Å². The molecule has 3 rings (SSSR count). The van der Waals surface area contributed by atoms with Crippen molar-refractivity contribution in [1.29, 1.82) is 0 Å². The van der Waals surface area contributed by atoms with Gasteiger partial charge in [0.25, 0.3) is 5.56 Å². The third kappa shape index (κ3) is 5.37. The fourth-order valence-corrected chi connectivity index (χ4v) is 4.25. The monoisotopic (exact) mass is 475 g/mol. The Morgan fingerprint density at radius 1 is 1.12 bits per heavy atom. The Balaban J connectivity index is 1.88. The Labute approximate surface area is 196 Å². The molecule has 0 spiro atoms. The van der Waals surface area contributed by atoms with Crippen LogP contribution in [-0.2, 0) is 11.3 Å². The molecule has 2 aromatic carbocycles. The Morgan fingerprint density at radius 3 is 2.50 bits per heavy atom. The SMILES string of the molecule is COc1ccc(NC(=O)C(C)Sc2nc3ccc(Cl)cc3c(=O)n2CC(C)C)cc1OC. The van der Waals surface area contributed by atoms with Gasteiger partial charge in [-0.25, -0.2) is 4.98 Å². The van der Waals surface area contributed by atoms with Crippen LogP contribution in [0.3, 0.4) is 0 Å². The van der Waals surface area contributed by atoms with Crippen molar-refractivity contribution in [3.05, 3.63) is 51.8 Å². The molecular formula is C23H26ClN3O4S. The van der Waals surface area contributed by atoms with Gasteiger partial charge in [-0.1, -0.05) is 37.2 Å². The second-order valence-corrected chi connectivity index (χ2v) is 9.43. The first kappa shape index (κ1) is 23.9. The molecule has 0 fully saturated rings. The Hall–Kier alpha value is -2.71. The highest BCUT2D eigenvalue weighted by Gasteiger charge is 2.21. The van der Waals surface area contributed by atoms with Crippen LogP contribution in [0, 0.1) is 5.92 Å². The summed E-state index contributed by atoms with van der Waals surface area (Å²) in [5.74, 6) is 1.10. The largest absolute Gasteiger partial charge is 0.493 e. The summed E-state index contributed by atoms with van der Waals surface area (Å²) < 4.78 is 12.1. The van der Waals surface area contributed by atoms with Crippen LogP contribution < -0.4 is 20.3 Å². The smallest absolute Gasteiger partial charge is 0.262 e. The average Bonchev–Trinajstić information content (AvgIpc) is 2.76. The number of fused-ring (bicyclic) bond motifs is 1. The minimum Gasteiger partial charge on any atom is -0.493 e. The predicted molar refractivity (Wildman–Crippen MR) is 129 cm³/mol. The molecule has 0 saturated heterocycles. The van der Waals surface area contributed by atoms with E-state index in [4.69, 9.17) is 21.1 Å². The van der Waals surface area contributed by atoms with E-state index >= 15 is 0 Å². The lowest BCUT2D eigenvalue weighted by atomic mass is 10.2. The normalized spacial score (nSPS) is 12.1. The van der Waals surface area contributed by atoms with Crippen molar-refractivity contribution in [2.24, 2.45) is 5.92 Å². The third-order valence-corrected chi connectivity index (χ3v) is 6.06. The number of thioether (sulfide) groups is 1. The first-order valence-corrected chi connectivity index (χ1v) is 11.4. The Morgan fingerprint density at radius 2 is 1.84 bits per heavy atom. The van der Waals surface area contributed by atoms with E-state index in [1.165, 1.54) is 18.9 Å². The van der Waals surface area contributed by atoms with E-state index in [-0.39, 0.29) is 17.4 Å². The maximum Gasteiger partial charge on any atom is 0.262 e.